The normalized spacial score (nSPS) is 22.9. The van der Waals surface area contributed by atoms with Gasteiger partial charge in [0.25, 0.3) is 0 Å². The largest absolute Gasteiger partial charge is 0.330 e. The van der Waals surface area contributed by atoms with Crippen molar-refractivity contribution in [2.75, 3.05) is 20.6 Å². The number of hydrogen-bond acceptors (Lipinski definition) is 4. The van der Waals surface area contributed by atoms with Crippen LogP contribution in [0.1, 0.15) is 24.8 Å². The van der Waals surface area contributed by atoms with Crippen LogP contribution in [0.4, 0.5) is 0 Å². The quantitative estimate of drug-likeness (QED) is 0.826. The molecule has 6 heteroatoms. The molecule has 0 aromatic heterocycles. The molecule has 1 aromatic carbocycles. The van der Waals surface area contributed by atoms with Crippen LogP contribution in [-0.4, -0.2) is 40.0 Å². The second kappa shape index (κ2) is 6.87. The van der Waals surface area contributed by atoms with Gasteiger partial charge in [-0.25, -0.2) is 13.1 Å². The summed E-state index contributed by atoms with van der Waals surface area (Å²) in [5.41, 5.74) is 6.81. The Balaban J connectivity index is 2.08. The summed E-state index contributed by atoms with van der Waals surface area (Å²) in [4.78, 5) is 2.37. The van der Waals surface area contributed by atoms with Gasteiger partial charge in [0.2, 0.25) is 10.0 Å². The Morgan fingerprint density at radius 1 is 1.24 bits per heavy atom. The van der Waals surface area contributed by atoms with Gasteiger partial charge in [-0.2, -0.15) is 0 Å². The standard InChI is InChI=1S/C15H25N3O2S/c1-18(2)11-12-6-8-14(9-7-12)21(19,20)17-15-5-3-4-13(15)10-16/h6-9,13,15,17H,3-5,10-11,16H2,1-2H3/t13-,15-/m1/s1. The number of nitrogens with zero attached hydrogens (tertiary/aromatic N) is 1. The Morgan fingerprint density at radius 3 is 2.48 bits per heavy atom. The molecule has 5 nitrogen and oxygen atoms in total. The van der Waals surface area contributed by atoms with Crippen molar-refractivity contribution in [3.8, 4) is 0 Å². The lowest BCUT2D eigenvalue weighted by molar-refractivity contribution is 0.402. The molecule has 2 rings (SSSR count). The van der Waals surface area contributed by atoms with E-state index in [1.165, 1.54) is 0 Å². The molecule has 2 atom stereocenters. The lowest BCUT2D eigenvalue weighted by Crippen LogP contribution is -2.39. The molecule has 0 amide bonds. The van der Waals surface area contributed by atoms with E-state index in [9.17, 15) is 8.42 Å². The Kier molecular flexibility index (Phi) is 5.37. The summed E-state index contributed by atoms with van der Waals surface area (Å²) in [5, 5.41) is 0. The number of benzene rings is 1. The van der Waals surface area contributed by atoms with E-state index in [2.05, 4.69) is 4.72 Å². The highest BCUT2D eigenvalue weighted by Gasteiger charge is 2.30. The number of hydrogen-bond donors (Lipinski definition) is 2. The number of nitrogens with two attached hydrogens (primary N) is 1. The minimum absolute atomic E-state index is 0.0264. The molecule has 1 aliphatic carbocycles. The highest BCUT2D eigenvalue weighted by Crippen LogP contribution is 2.26. The summed E-state index contributed by atoms with van der Waals surface area (Å²) in [6.07, 6.45) is 2.92. The van der Waals surface area contributed by atoms with Gasteiger partial charge in [-0.15, -0.1) is 0 Å². The van der Waals surface area contributed by atoms with Crippen molar-refractivity contribution in [2.45, 2.75) is 36.7 Å². The first-order valence-electron chi connectivity index (χ1n) is 7.38. The smallest absolute Gasteiger partial charge is 0.240 e. The van der Waals surface area contributed by atoms with Gasteiger partial charge in [-0.1, -0.05) is 18.6 Å². The van der Waals surface area contributed by atoms with E-state index >= 15 is 0 Å². The molecular formula is C15H25N3O2S. The lowest BCUT2D eigenvalue weighted by Gasteiger charge is -2.19. The van der Waals surface area contributed by atoms with Crippen molar-refractivity contribution in [3.05, 3.63) is 29.8 Å². The second-order valence-corrected chi connectivity index (χ2v) is 7.75. The van der Waals surface area contributed by atoms with Gasteiger partial charge in [-0.3, -0.25) is 0 Å². The molecule has 0 heterocycles. The van der Waals surface area contributed by atoms with Crippen LogP contribution in [0.5, 0.6) is 0 Å². The van der Waals surface area contributed by atoms with Crippen LogP contribution in [0.25, 0.3) is 0 Å². The molecule has 1 aromatic rings. The van der Waals surface area contributed by atoms with Crippen LogP contribution in [0.2, 0.25) is 0 Å². The van der Waals surface area contributed by atoms with Crippen molar-refractivity contribution in [1.29, 1.82) is 0 Å². The van der Waals surface area contributed by atoms with Gasteiger partial charge in [-0.05, 0) is 57.1 Å². The minimum atomic E-state index is -3.45. The van der Waals surface area contributed by atoms with Crippen LogP contribution >= 0.6 is 0 Å². The summed E-state index contributed by atoms with van der Waals surface area (Å²) in [5.74, 6) is 0.257. The lowest BCUT2D eigenvalue weighted by atomic mass is 10.1. The molecule has 21 heavy (non-hydrogen) atoms. The monoisotopic (exact) mass is 311 g/mol. The maximum absolute atomic E-state index is 12.4. The van der Waals surface area contributed by atoms with Crippen molar-refractivity contribution in [2.24, 2.45) is 11.7 Å². The van der Waals surface area contributed by atoms with E-state index in [-0.39, 0.29) is 12.0 Å². The highest BCUT2D eigenvalue weighted by molar-refractivity contribution is 7.89. The van der Waals surface area contributed by atoms with Crippen LogP contribution in [-0.2, 0) is 16.6 Å². The number of nitrogens with one attached hydrogen (secondary N) is 1. The van der Waals surface area contributed by atoms with Crippen molar-refractivity contribution < 1.29 is 8.42 Å². The Hall–Kier alpha value is -0.950. The third-order valence-electron chi connectivity index (χ3n) is 4.00. The van der Waals surface area contributed by atoms with Crippen molar-refractivity contribution in [1.82, 2.24) is 9.62 Å². The van der Waals surface area contributed by atoms with Gasteiger partial charge >= 0.3 is 0 Å². The molecule has 1 aliphatic rings. The molecule has 0 spiro atoms. The molecule has 0 saturated heterocycles. The topological polar surface area (TPSA) is 75.4 Å². The Bertz CT molecular complexity index is 555. The fourth-order valence-corrected chi connectivity index (χ4v) is 4.22. The Morgan fingerprint density at radius 2 is 1.90 bits per heavy atom. The van der Waals surface area contributed by atoms with Gasteiger partial charge in [0.05, 0.1) is 4.90 Å². The molecule has 118 valence electrons. The average molecular weight is 311 g/mol. The molecule has 1 fully saturated rings. The van der Waals surface area contributed by atoms with E-state index in [1.807, 2.05) is 31.1 Å². The molecule has 3 N–H and O–H groups in total. The second-order valence-electron chi connectivity index (χ2n) is 6.04. The minimum Gasteiger partial charge on any atom is -0.330 e. The first-order chi connectivity index (χ1) is 9.92. The molecule has 0 aliphatic heterocycles. The van der Waals surface area contributed by atoms with Crippen LogP contribution in [0.15, 0.2) is 29.2 Å². The van der Waals surface area contributed by atoms with Crippen LogP contribution in [0.3, 0.4) is 0 Å². The molecular weight excluding hydrogens is 286 g/mol. The summed E-state index contributed by atoms with van der Waals surface area (Å²) in [6.45, 7) is 1.33. The van der Waals surface area contributed by atoms with Gasteiger partial charge in [0.15, 0.2) is 0 Å². The summed E-state index contributed by atoms with van der Waals surface area (Å²) < 4.78 is 27.7. The third kappa shape index (κ3) is 4.26. The maximum Gasteiger partial charge on any atom is 0.240 e. The van der Waals surface area contributed by atoms with E-state index in [0.29, 0.717) is 11.4 Å². The first kappa shape index (κ1) is 16.4. The zero-order chi connectivity index (χ0) is 15.5. The van der Waals surface area contributed by atoms with Gasteiger partial charge in [0.1, 0.15) is 0 Å². The zero-order valence-corrected chi connectivity index (χ0v) is 13.6. The Labute approximate surface area is 127 Å². The fourth-order valence-electron chi connectivity index (χ4n) is 2.88. The average Bonchev–Trinajstić information content (AvgIpc) is 2.85. The molecule has 1 saturated carbocycles. The van der Waals surface area contributed by atoms with Crippen LogP contribution in [0, 0.1) is 5.92 Å². The van der Waals surface area contributed by atoms with Gasteiger partial charge < -0.3 is 10.6 Å². The predicted molar refractivity (Wildman–Crippen MR) is 84.3 cm³/mol. The van der Waals surface area contributed by atoms with E-state index < -0.39 is 10.0 Å². The van der Waals surface area contributed by atoms with E-state index in [0.717, 1.165) is 31.4 Å². The number of sulfonamides is 1. The first-order valence-corrected chi connectivity index (χ1v) is 8.87. The molecule has 0 bridgehead atoms. The maximum atomic E-state index is 12.4. The van der Waals surface area contributed by atoms with Gasteiger partial charge in [0, 0.05) is 12.6 Å². The summed E-state index contributed by atoms with van der Waals surface area (Å²) >= 11 is 0. The summed E-state index contributed by atoms with van der Waals surface area (Å²) in [6, 6.07) is 7.05. The van der Waals surface area contributed by atoms with E-state index in [1.54, 1.807) is 12.1 Å². The molecule has 0 unspecified atom stereocenters. The fraction of sp³-hybridized carbons (Fsp3) is 0.600. The van der Waals surface area contributed by atoms with E-state index in [4.69, 9.17) is 5.73 Å². The SMILES string of the molecule is CN(C)Cc1ccc(S(=O)(=O)N[C@@H]2CCC[C@@H]2CN)cc1. The van der Waals surface area contributed by atoms with Crippen LogP contribution < -0.4 is 10.5 Å². The highest BCUT2D eigenvalue weighted by atomic mass is 32.2. The number of rotatable bonds is 6. The van der Waals surface area contributed by atoms with Crippen molar-refractivity contribution in [3.63, 3.8) is 0 Å². The molecule has 0 radical (unpaired) electrons. The van der Waals surface area contributed by atoms with Crippen molar-refractivity contribution >= 4 is 10.0 Å². The summed E-state index contributed by atoms with van der Waals surface area (Å²) in [7, 11) is 0.520. The predicted octanol–water partition coefficient (Wildman–Crippen LogP) is 1.15. The zero-order valence-electron chi connectivity index (χ0n) is 12.7. The third-order valence-corrected chi connectivity index (χ3v) is 5.51.